The summed E-state index contributed by atoms with van der Waals surface area (Å²) >= 11 is 3.28. The maximum absolute atomic E-state index is 13.5. The molecule has 2 amide bonds. The van der Waals surface area contributed by atoms with E-state index in [0.29, 0.717) is 4.47 Å². The first-order valence-corrected chi connectivity index (χ1v) is 14.2. The summed E-state index contributed by atoms with van der Waals surface area (Å²) < 4.78 is 12.1. The van der Waals surface area contributed by atoms with Crippen molar-refractivity contribution >= 4 is 39.6 Å². The lowest BCUT2D eigenvalue weighted by Gasteiger charge is -2.25. The average Bonchev–Trinajstić information content (AvgIpc) is 3.31. The minimum atomic E-state index is -1.14. The molecule has 3 N–H and O–H groups in total. The van der Waals surface area contributed by atoms with Crippen molar-refractivity contribution < 1.29 is 29.0 Å². The Balaban J connectivity index is 1.31. The third kappa shape index (κ3) is 6.70. The van der Waals surface area contributed by atoms with E-state index in [1.807, 2.05) is 66.7 Å². The first kappa shape index (κ1) is 29.0. The Bertz CT molecular complexity index is 1560. The van der Waals surface area contributed by atoms with Gasteiger partial charge in [-0.05, 0) is 52.9 Å². The fourth-order valence-electron chi connectivity index (χ4n) is 5.07. The number of carbonyl (C=O) groups is 3. The molecule has 0 spiro atoms. The Morgan fingerprint density at radius 1 is 0.881 bits per heavy atom. The van der Waals surface area contributed by atoms with Crippen LogP contribution >= 0.6 is 15.9 Å². The zero-order valence-corrected chi connectivity index (χ0v) is 24.3. The van der Waals surface area contributed by atoms with Crippen molar-refractivity contribution in [2.45, 2.75) is 31.6 Å². The van der Waals surface area contributed by atoms with Gasteiger partial charge in [-0.25, -0.2) is 9.59 Å². The van der Waals surface area contributed by atoms with Crippen LogP contribution in [0, 0.1) is 0 Å². The van der Waals surface area contributed by atoms with E-state index in [4.69, 9.17) is 9.47 Å². The average molecular weight is 630 g/mol. The maximum Gasteiger partial charge on any atom is 0.407 e. The van der Waals surface area contributed by atoms with Gasteiger partial charge in [0.05, 0.1) is 18.3 Å². The highest BCUT2D eigenvalue weighted by molar-refractivity contribution is 9.10. The van der Waals surface area contributed by atoms with Crippen LogP contribution in [0.15, 0.2) is 102 Å². The van der Waals surface area contributed by atoms with Gasteiger partial charge in [-0.15, -0.1) is 0 Å². The maximum atomic E-state index is 13.5. The number of hydrogen-bond acceptors (Lipinski definition) is 5. The zero-order valence-electron chi connectivity index (χ0n) is 22.8. The highest BCUT2D eigenvalue weighted by Gasteiger charge is 2.32. The minimum Gasteiger partial charge on any atom is -0.478 e. The number of amides is 2. The second kappa shape index (κ2) is 13.0. The van der Waals surface area contributed by atoms with Gasteiger partial charge < -0.3 is 25.2 Å². The summed E-state index contributed by atoms with van der Waals surface area (Å²) in [6, 6.07) is 28.7. The van der Waals surface area contributed by atoms with Crippen molar-refractivity contribution in [1.82, 2.24) is 5.32 Å². The fourth-order valence-corrected chi connectivity index (χ4v) is 5.56. The molecule has 2 atom stereocenters. The van der Waals surface area contributed by atoms with E-state index in [-0.39, 0.29) is 30.4 Å². The molecule has 0 heterocycles. The van der Waals surface area contributed by atoms with Crippen LogP contribution in [-0.4, -0.2) is 41.8 Å². The Labute approximate surface area is 251 Å². The molecular weight excluding hydrogens is 600 g/mol. The first-order chi connectivity index (χ1) is 20.3. The lowest BCUT2D eigenvalue weighted by atomic mass is 9.98. The van der Waals surface area contributed by atoms with Gasteiger partial charge in [-0.2, -0.15) is 0 Å². The molecule has 0 aliphatic heterocycles. The summed E-state index contributed by atoms with van der Waals surface area (Å²) in [6.45, 7) is 1.99. The molecule has 9 heteroatoms. The number of anilines is 1. The lowest BCUT2D eigenvalue weighted by Crippen LogP contribution is -2.51. The van der Waals surface area contributed by atoms with E-state index in [1.54, 1.807) is 13.0 Å². The molecule has 0 radical (unpaired) electrons. The number of carboxylic acids is 1. The summed E-state index contributed by atoms with van der Waals surface area (Å²) in [5, 5.41) is 14.8. The summed E-state index contributed by atoms with van der Waals surface area (Å²) in [4.78, 5) is 38.1. The third-order valence-electron chi connectivity index (χ3n) is 7.14. The van der Waals surface area contributed by atoms with Gasteiger partial charge in [0, 0.05) is 16.1 Å². The number of halogens is 1. The van der Waals surface area contributed by atoms with Crippen LogP contribution in [0.5, 0.6) is 0 Å². The molecular formula is C33H29BrN2O6. The highest BCUT2D eigenvalue weighted by Crippen LogP contribution is 2.44. The number of rotatable bonds is 10. The Morgan fingerprint density at radius 3 is 2.14 bits per heavy atom. The van der Waals surface area contributed by atoms with Crippen LogP contribution in [0.3, 0.4) is 0 Å². The number of carboxylic acid groups (broad SMARTS) is 1. The van der Waals surface area contributed by atoms with Crippen LogP contribution in [0.2, 0.25) is 0 Å². The molecule has 8 nitrogen and oxygen atoms in total. The van der Waals surface area contributed by atoms with Gasteiger partial charge in [-0.3, -0.25) is 4.79 Å². The van der Waals surface area contributed by atoms with E-state index >= 15 is 0 Å². The van der Waals surface area contributed by atoms with Crippen LogP contribution in [0.1, 0.15) is 39.9 Å². The Morgan fingerprint density at radius 2 is 1.50 bits per heavy atom. The highest BCUT2D eigenvalue weighted by atomic mass is 79.9. The summed E-state index contributed by atoms with van der Waals surface area (Å²) in [5.41, 5.74) is 5.51. The molecule has 2 unspecified atom stereocenters. The van der Waals surface area contributed by atoms with Crippen LogP contribution in [0.25, 0.3) is 11.1 Å². The summed E-state index contributed by atoms with van der Waals surface area (Å²) in [5.74, 6) is -1.86. The quantitative estimate of drug-likeness (QED) is 0.182. The monoisotopic (exact) mass is 628 g/mol. The fraction of sp³-hybridized carbons (Fsp3) is 0.182. The summed E-state index contributed by atoms with van der Waals surface area (Å²) in [6.07, 6.45) is -1.52. The molecule has 1 aliphatic rings. The predicted octanol–water partition coefficient (Wildman–Crippen LogP) is 6.60. The molecule has 0 fully saturated rings. The van der Waals surface area contributed by atoms with Crippen LogP contribution < -0.4 is 10.6 Å². The Kier molecular flexibility index (Phi) is 9.00. The van der Waals surface area contributed by atoms with E-state index in [9.17, 15) is 19.5 Å². The van der Waals surface area contributed by atoms with Gasteiger partial charge in [0.25, 0.3) is 0 Å². The minimum absolute atomic E-state index is 0.00547. The predicted molar refractivity (Wildman–Crippen MR) is 162 cm³/mol. The summed E-state index contributed by atoms with van der Waals surface area (Å²) in [7, 11) is 0. The number of nitrogens with one attached hydrogen (secondary N) is 2. The van der Waals surface area contributed by atoms with E-state index in [1.165, 1.54) is 12.1 Å². The Hall–Kier alpha value is -4.47. The molecule has 1 aliphatic carbocycles. The number of aromatic carboxylic acids is 1. The molecule has 4 aromatic rings. The van der Waals surface area contributed by atoms with Crippen molar-refractivity contribution in [3.8, 4) is 11.1 Å². The van der Waals surface area contributed by atoms with E-state index in [2.05, 4.69) is 38.7 Å². The molecule has 42 heavy (non-hydrogen) atoms. The normalized spacial score (nSPS) is 13.4. The molecule has 214 valence electrons. The van der Waals surface area contributed by atoms with Gasteiger partial charge in [0.1, 0.15) is 12.6 Å². The number of benzene rings is 4. The topological polar surface area (TPSA) is 114 Å². The number of fused-ring (bicyclic) bond motifs is 3. The zero-order chi connectivity index (χ0) is 29.6. The first-order valence-electron chi connectivity index (χ1n) is 13.4. The molecule has 0 saturated carbocycles. The standard InChI is InChI=1S/C33H29BrN2O6/c1-20(41-18-21-9-3-2-4-10-21)30(31(37)35-24-16-22(32(38)39)15-23(34)17-24)36-33(40)42-19-29-27-13-7-5-11-25(27)26-12-6-8-14-28(26)29/h2-17,20,29-30H,18-19H2,1H3,(H,35,37)(H,36,40)(H,38,39). The smallest absolute Gasteiger partial charge is 0.407 e. The van der Waals surface area contributed by atoms with Crippen molar-refractivity contribution in [3.63, 3.8) is 0 Å². The molecule has 5 rings (SSSR count). The largest absolute Gasteiger partial charge is 0.478 e. The molecule has 0 saturated heterocycles. The second-order valence-corrected chi connectivity index (χ2v) is 10.9. The van der Waals surface area contributed by atoms with Gasteiger partial charge in [0.15, 0.2) is 0 Å². The van der Waals surface area contributed by atoms with Crippen molar-refractivity contribution in [2.75, 3.05) is 11.9 Å². The van der Waals surface area contributed by atoms with Gasteiger partial charge in [-0.1, -0.05) is 94.8 Å². The lowest BCUT2D eigenvalue weighted by molar-refractivity contribution is -0.121. The number of hydrogen-bond donors (Lipinski definition) is 3. The SMILES string of the molecule is CC(OCc1ccccc1)C(NC(=O)OCC1c2ccccc2-c2ccccc21)C(=O)Nc1cc(Br)cc(C(=O)O)c1. The molecule has 4 aromatic carbocycles. The van der Waals surface area contributed by atoms with E-state index in [0.717, 1.165) is 27.8 Å². The van der Waals surface area contributed by atoms with Gasteiger partial charge in [0.2, 0.25) is 5.91 Å². The van der Waals surface area contributed by atoms with Gasteiger partial charge >= 0.3 is 12.1 Å². The number of alkyl carbamates (subject to hydrolysis) is 1. The molecule has 0 aromatic heterocycles. The van der Waals surface area contributed by atoms with Crippen LogP contribution in [0.4, 0.5) is 10.5 Å². The number of ether oxygens (including phenoxy) is 2. The number of carbonyl (C=O) groups excluding carboxylic acids is 2. The van der Waals surface area contributed by atoms with E-state index < -0.39 is 30.1 Å². The third-order valence-corrected chi connectivity index (χ3v) is 7.59. The second-order valence-electron chi connectivity index (χ2n) is 9.97. The van der Waals surface area contributed by atoms with Crippen molar-refractivity contribution in [1.29, 1.82) is 0 Å². The van der Waals surface area contributed by atoms with Crippen molar-refractivity contribution in [2.24, 2.45) is 0 Å². The van der Waals surface area contributed by atoms with Crippen molar-refractivity contribution in [3.05, 3.63) is 124 Å². The van der Waals surface area contributed by atoms with Crippen LogP contribution in [-0.2, 0) is 20.9 Å². The molecule has 0 bridgehead atoms.